The van der Waals surface area contributed by atoms with Gasteiger partial charge in [-0.05, 0) is 32.0 Å². The monoisotopic (exact) mass is 414 g/mol. The van der Waals surface area contributed by atoms with Crippen molar-refractivity contribution in [1.82, 2.24) is 4.90 Å². The zero-order valence-electron chi connectivity index (χ0n) is 15.7. The van der Waals surface area contributed by atoms with E-state index in [1.807, 2.05) is 7.05 Å². The average molecular weight is 415 g/mol. The van der Waals surface area contributed by atoms with Gasteiger partial charge < -0.3 is 19.5 Å². The first-order valence-corrected chi connectivity index (χ1v) is 9.55. The van der Waals surface area contributed by atoms with E-state index < -0.39 is 16.7 Å². The maximum absolute atomic E-state index is 12.8. The highest BCUT2D eigenvalue weighted by molar-refractivity contribution is 6.33. The first-order valence-electron chi connectivity index (χ1n) is 9.17. The first-order chi connectivity index (χ1) is 13.9. The van der Waals surface area contributed by atoms with Gasteiger partial charge in [0.2, 0.25) is 0 Å². The predicted molar refractivity (Wildman–Crippen MR) is 110 cm³/mol. The summed E-state index contributed by atoms with van der Waals surface area (Å²) in [5.74, 6) is -0.582. The quantitative estimate of drug-likeness (QED) is 0.622. The number of hydrogen-bond donors (Lipinski definition) is 2. The molecule has 0 saturated carbocycles. The van der Waals surface area contributed by atoms with Crippen LogP contribution < -0.4 is 5.43 Å². The molecule has 1 saturated heterocycles. The molecular formula is C21H19ClN2O5. The molecule has 1 aromatic heterocycles. The van der Waals surface area contributed by atoms with E-state index in [9.17, 15) is 19.9 Å². The van der Waals surface area contributed by atoms with Crippen LogP contribution in [0.15, 0.2) is 50.8 Å². The lowest BCUT2D eigenvalue weighted by Gasteiger charge is -2.35. The Morgan fingerprint density at radius 1 is 1.14 bits per heavy atom. The van der Waals surface area contributed by atoms with Crippen molar-refractivity contribution >= 4 is 22.6 Å². The number of likely N-dealkylation sites (tertiary alicyclic amines) is 1. The number of fused-ring (bicyclic) bond motifs is 1. The summed E-state index contributed by atoms with van der Waals surface area (Å²) in [6, 6.07) is 9.15. The van der Waals surface area contributed by atoms with Gasteiger partial charge in [0.15, 0.2) is 11.0 Å². The lowest BCUT2D eigenvalue weighted by atomic mass is 9.80. The normalized spacial score (nSPS) is 16.8. The van der Waals surface area contributed by atoms with Crippen molar-refractivity contribution in [2.24, 2.45) is 5.18 Å². The number of nitrogens with zero attached hydrogens (tertiary/aromatic N) is 2. The van der Waals surface area contributed by atoms with Crippen LogP contribution in [-0.2, 0) is 5.54 Å². The van der Waals surface area contributed by atoms with Crippen LogP contribution >= 0.6 is 11.6 Å². The highest BCUT2D eigenvalue weighted by Gasteiger charge is 2.42. The molecule has 1 fully saturated rings. The second-order valence-electron chi connectivity index (χ2n) is 7.37. The lowest BCUT2D eigenvalue weighted by Crippen LogP contribution is -2.39. The first kappa shape index (κ1) is 19.4. The van der Waals surface area contributed by atoms with Crippen LogP contribution in [0, 0.1) is 4.91 Å². The van der Waals surface area contributed by atoms with E-state index in [-0.39, 0.29) is 28.0 Å². The van der Waals surface area contributed by atoms with Crippen LogP contribution in [0.1, 0.15) is 18.4 Å². The van der Waals surface area contributed by atoms with E-state index in [0.717, 1.165) is 6.07 Å². The van der Waals surface area contributed by atoms with Crippen molar-refractivity contribution in [3.8, 4) is 22.8 Å². The summed E-state index contributed by atoms with van der Waals surface area (Å²) in [5.41, 5.74) is -1.21. The van der Waals surface area contributed by atoms with Crippen LogP contribution in [0.2, 0.25) is 5.02 Å². The molecule has 150 valence electrons. The lowest BCUT2D eigenvalue weighted by molar-refractivity contribution is 0.189. The standard InChI is InChI=1S/C21H19ClN2O5/c1-24-8-6-21(23-28,7-9-24)19-16(27)10-14(25)18-15(26)11-17(29-20(18)19)12-4-2-3-5-13(12)22/h2-5,10-11,25,27H,6-9H2,1H3. The van der Waals surface area contributed by atoms with Gasteiger partial charge in [0, 0.05) is 30.8 Å². The molecule has 29 heavy (non-hydrogen) atoms. The van der Waals surface area contributed by atoms with E-state index in [0.29, 0.717) is 36.5 Å². The summed E-state index contributed by atoms with van der Waals surface area (Å²) < 4.78 is 5.99. The fourth-order valence-electron chi connectivity index (χ4n) is 3.92. The third-order valence-electron chi connectivity index (χ3n) is 5.55. The van der Waals surface area contributed by atoms with Gasteiger partial charge in [0.1, 0.15) is 28.2 Å². The number of rotatable bonds is 3. The summed E-state index contributed by atoms with van der Waals surface area (Å²) in [6.07, 6.45) is 0.695. The molecule has 0 amide bonds. The van der Waals surface area contributed by atoms with Gasteiger partial charge in [0.05, 0.1) is 10.6 Å². The summed E-state index contributed by atoms with van der Waals surface area (Å²) in [6.45, 7) is 1.17. The highest BCUT2D eigenvalue weighted by atomic mass is 35.5. The van der Waals surface area contributed by atoms with Gasteiger partial charge in [-0.3, -0.25) is 4.79 Å². The number of phenolic OH excluding ortho intramolecular Hbond substituents is 2. The molecule has 2 N–H and O–H groups in total. The fraction of sp³-hybridized carbons (Fsp3) is 0.286. The Morgan fingerprint density at radius 2 is 1.83 bits per heavy atom. The Hall–Kier alpha value is -2.90. The van der Waals surface area contributed by atoms with E-state index in [2.05, 4.69) is 10.1 Å². The number of hydrogen-bond acceptors (Lipinski definition) is 7. The Bertz CT molecular complexity index is 1170. The molecule has 0 bridgehead atoms. The Labute approximate surface area is 171 Å². The highest BCUT2D eigenvalue weighted by Crippen LogP contribution is 2.47. The van der Waals surface area contributed by atoms with Crippen LogP contribution in [0.3, 0.4) is 0 Å². The molecule has 0 unspecified atom stereocenters. The van der Waals surface area contributed by atoms with Gasteiger partial charge in [-0.1, -0.05) is 28.9 Å². The van der Waals surface area contributed by atoms with E-state index in [1.165, 1.54) is 6.07 Å². The average Bonchev–Trinajstić information content (AvgIpc) is 2.69. The van der Waals surface area contributed by atoms with E-state index in [4.69, 9.17) is 16.0 Å². The van der Waals surface area contributed by atoms with E-state index >= 15 is 0 Å². The largest absolute Gasteiger partial charge is 0.507 e. The molecule has 1 aliphatic rings. The molecule has 0 spiro atoms. The Kier molecular flexibility index (Phi) is 4.80. The Morgan fingerprint density at radius 3 is 2.48 bits per heavy atom. The van der Waals surface area contributed by atoms with Crippen molar-refractivity contribution in [3.05, 3.63) is 62.1 Å². The third kappa shape index (κ3) is 3.16. The second-order valence-corrected chi connectivity index (χ2v) is 7.78. The number of benzene rings is 2. The van der Waals surface area contributed by atoms with Gasteiger partial charge >= 0.3 is 0 Å². The molecule has 8 heteroatoms. The minimum absolute atomic E-state index is 0.0472. The van der Waals surface area contributed by atoms with Gasteiger partial charge in [-0.15, -0.1) is 4.91 Å². The minimum Gasteiger partial charge on any atom is -0.507 e. The number of aromatic hydroxyl groups is 2. The molecule has 0 aliphatic carbocycles. The molecule has 0 radical (unpaired) electrons. The molecule has 7 nitrogen and oxygen atoms in total. The summed E-state index contributed by atoms with van der Waals surface area (Å²) in [5, 5.41) is 24.6. The summed E-state index contributed by atoms with van der Waals surface area (Å²) in [7, 11) is 1.93. The van der Waals surface area contributed by atoms with Crippen LogP contribution in [0.4, 0.5) is 0 Å². The van der Waals surface area contributed by atoms with Gasteiger partial charge in [-0.2, -0.15) is 0 Å². The number of nitroso groups, excluding NO2 is 1. The fourth-order valence-corrected chi connectivity index (χ4v) is 4.15. The van der Waals surface area contributed by atoms with Gasteiger partial charge in [-0.25, -0.2) is 0 Å². The molecule has 4 rings (SSSR count). The number of phenols is 2. The smallest absolute Gasteiger partial charge is 0.197 e. The zero-order chi connectivity index (χ0) is 20.8. The van der Waals surface area contributed by atoms with Crippen molar-refractivity contribution in [1.29, 1.82) is 0 Å². The van der Waals surface area contributed by atoms with Crippen molar-refractivity contribution < 1.29 is 14.6 Å². The number of halogens is 1. The molecule has 2 aromatic carbocycles. The minimum atomic E-state index is -1.27. The second kappa shape index (κ2) is 7.17. The molecule has 1 aliphatic heterocycles. The van der Waals surface area contributed by atoms with Crippen molar-refractivity contribution in [2.45, 2.75) is 18.4 Å². The molecule has 2 heterocycles. The van der Waals surface area contributed by atoms with Crippen LogP contribution in [0.25, 0.3) is 22.3 Å². The topological polar surface area (TPSA) is 103 Å². The Balaban J connectivity index is 2.06. The zero-order valence-corrected chi connectivity index (χ0v) is 16.4. The predicted octanol–water partition coefficient (Wildman–Crippen LogP) is 4.21. The SMILES string of the molecule is CN1CCC(N=O)(c2c(O)cc(O)c3c(=O)cc(-c4ccccc4Cl)oc23)CC1. The van der Waals surface area contributed by atoms with Crippen molar-refractivity contribution in [2.75, 3.05) is 20.1 Å². The van der Waals surface area contributed by atoms with Crippen LogP contribution in [-0.4, -0.2) is 35.3 Å². The summed E-state index contributed by atoms with van der Waals surface area (Å²) >= 11 is 6.25. The third-order valence-corrected chi connectivity index (χ3v) is 5.88. The van der Waals surface area contributed by atoms with Gasteiger partial charge in [0.25, 0.3) is 0 Å². The maximum Gasteiger partial charge on any atom is 0.197 e. The van der Waals surface area contributed by atoms with E-state index in [1.54, 1.807) is 24.3 Å². The van der Waals surface area contributed by atoms with Crippen LogP contribution in [0.5, 0.6) is 11.5 Å². The number of piperidine rings is 1. The van der Waals surface area contributed by atoms with Crippen molar-refractivity contribution in [3.63, 3.8) is 0 Å². The molecule has 3 aromatic rings. The summed E-state index contributed by atoms with van der Waals surface area (Å²) in [4.78, 5) is 26.9. The maximum atomic E-state index is 12.8. The molecular weight excluding hydrogens is 396 g/mol. The molecule has 0 atom stereocenters.